The Balaban J connectivity index is 1.79. The summed E-state index contributed by atoms with van der Waals surface area (Å²) in [7, 11) is 0. The van der Waals surface area contributed by atoms with Crippen molar-refractivity contribution in [1.29, 1.82) is 0 Å². The van der Waals surface area contributed by atoms with Gasteiger partial charge in [-0.05, 0) is 80.3 Å². The molecular formula is C22H22N3O3-. The van der Waals surface area contributed by atoms with E-state index >= 15 is 0 Å². The Morgan fingerprint density at radius 2 is 1.82 bits per heavy atom. The quantitative estimate of drug-likeness (QED) is 0.528. The monoisotopic (exact) mass is 376 g/mol. The fourth-order valence-electron chi connectivity index (χ4n) is 2.90. The van der Waals surface area contributed by atoms with E-state index in [1.165, 1.54) is 5.56 Å². The number of carboxylic acid groups (broad SMARTS) is 1. The van der Waals surface area contributed by atoms with Gasteiger partial charge in [-0.15, -0.1) is 0 Å². The van der Waals surface area contributed by atoms with Crippen molar-refractivity contribution in [3.8, 4) is 5.75 Å². The number of carboxylic acids is 1. The highest BCUT2D eigenvalue weighted by Crippen LogP contribution is 2.25. The second-order valence-electron chi connectivity index (χ2n) is 6.72. The summed E-state index contributed by atoms with van der Waals surface area (Å²) in [5.74, 6) is -0.104. The van der Waals surface area contributed by atoms with Crippen molar-refractivity contribution in [2.45, 2.75) is 27.7 Å². The molecule has 1 N–H and O–H groups in total. The minimum absolute atomic E-state index is 0.464. The highest BCUT2D eigenvalue weighted by Gasteiger charge is 2.07. The molecule has 0 unspecified atom stereocenters. The number of aliphatic carboxylic acids is 1. The Bertz CT molecular complexity index is 1060. The standard InChI is InChI=1S/C22H23N3O3/c1-13-5-10-19-14(2)11-20(23-22(19)15(13)3)25-24-16(4)17-6-8-18(9-7-17)28-12-21(26)27/h5-11H,12H2,1-4H3,(H,23,25)(H,26,27)/p-1/b24-16-. The summed E-state index contributed by atoms with van der Waals surface area (Å²) in [6, 6.07) is 13.2. The first kappa shape index (κ1) is 19.4. The number of hydrazone groups is 1. The van der Waals surface area contributed by atoms with Crippen LogP contribution in [0.4, 0.5) is 5.82 Å². The number of fused-ring (bicyclic) bond motifs is 1. The highest BCUT2D eigenvalue weighted by molar-refractivity contribution is 5.99. The van der Waals surface area contributed by atoms with Crippen LogP contribution in [0.1, 0.15) is 29.2 Å². The van der Waals surface area contributed by atoms with Crippen LogP contribution in [0, 0.1) is 20.8 Å². The Labute approximate surface area is 163 Å². The normalized spacial score (nSPS) is 11.5. The lowest BCUT2D eigenvalue weighted by Gasteiger charge is -2.11. The summed E-state index contributed by atoms with van der Waals surface area (Å²) in [5, 5.41) is 16.0. The molecule has 0 aliphatic carbocycles. The second-order valence-corrected chi connectivity index (χ2v) is 6.72. The lowest BCUT2D eigenvalue weighted by molar-refractivity contribution is -0.307. The summed E-state index contributed by atoms with van der Waals surface area (Å²) in [4.78, 5) is 15.2. The average molecular weight is 376 g/mol. The van der Waals surface area contributed by atoms with Crippen LogP contribution < -0.4 is 15.3 Å². The predicted molar refractivity (Wildman–Crippen MR) is 109 cm³/mol. The number of pyridine rings is 1. The maximum atomic E-state index is 10.4. The lowest BCUT2D eigenvalue weighted by atomic mass is 10.0. The Morgan fingerprint density at radius 3 is 2.50 bits per heavy atom. The first-order valence-corrected chi connectivity index (χ1v) is 8.96. The molecular weight excluding hydrogens is 354 g/mol. The van der Waals surface area contributed by atoms with E-state index in [1.54, 1.807) is 12.1 Å². The molecule has 0 radical (unpaired) electrons. The minimum Gasteiger partial charge on any atom is -0.546 e. The van der Waals surface area contributed by atoms with Gasteiger partial charge in [-0.3, -0.25) is 5.43 Å². The van der Waals surface area contributed by atoms with Gasteiger partial charge >= 0.3 is 0 Å². The number of carbonyl (C=O) groups is 1. The number of anilines is 1. The molecule has 0 fully saturated rings. The van der Waals surface area contributed by atoms with E-state index in [1.807, 2.05) is 25.1 Å². The van der Waals surface area contributed by atoms with Crippen molar-refractivity contribution in [2.24, 2.45) is 5.10 Å². The van der Waals surface area contributed by atoms with Crippen molar-refractivity contribution in [1.82, 2.24) is 4.98 Å². The van der Waals surface area contributed by atoms with Gasteiger partial charge in [-0.2, -0.15) is 5.10 Å². The SMILES string of the molecule is C/C(=N/Nc1cc(C)c2ccc(C)c(C)c2n1)c1ccc(OCC(=O)[O-])cc1. The first-order valence-electron chi connectivity index (χ1n) is 8.96. The van der Waals surface area contributed by atoms with E-state index in [9.17, 15) is 9.90 Å². The number of rotatable bonds is 6. The molecule has 6 heteroatoms. The Morgan fingerprint density at radius 1 is 1.11 bits per heavy atom. The van der Waals surface area contributed by atoms with Crippen molar-refractivity contribution < 1.29 is 14.6 Å². The number of ether oxygens (including phenoxy) is 1. The zero-order valence-electron chi connectivity index (χ0n) is 16.4. The maximum absolute atomic E-state index is 10.4. The molecule has 0 atom stereocenters. The van der Waals surface area contributed by atoms with Gasteiger partial charge < -0.3 is 14.6 Å². The van der Waals surface area contributed by atoms with Gasteiger partial charge in [0.25, 0.3) is 0 Å². The third-order valence-corrected chi connectivity index (χ3v) is 4.68. The molecule has 3 aromatic rings. The van der Waals surface area contributed by atoms with Gasteiger partial charge in [0.15, 0.2) is 0 Å². The molecule has 0 aliphatic rings. The largest absolute Gasteiger partial charge is 0.546 e. The molecule has 1 heterocycles. The maximum Gasteiger partial charge on any atom is 0.147 e. The van der Waals surface area contributed by atoms with Crippen molar-refractivity contribution in [2.75, 3.05) is 12.0 Å². The molecule has 3 rings (SSSR count). The van der Waals surface area contributed by atoms with Gasteiger partial charge in [-0.25, -0.2) is 4.98 Å². The van der Waals surface area contributed by atoms with Gasteiger partial charge in [0.05, 0.1) is 17.2 Å². The third kappa shape index (κ3) is 4.28. The van der Waals surface area contributed by atoms with Gasteiger partial charge in [0.2, 0.25) is 0 Å². The number of aromatic nitrogens is 1. The average Bonchev–Trinajstić information content (AvgIpc) is 2.68. The van der Waals surface area contributed by atoms with Crippen molar-refractivity contribution in [3.05, 3.63) is 64.7 Å². The van der Waals surface area contributed by atoms with Crippen LogP contribution in [0.5, 0.6) is 5.75 Å². The van der Waals surface area contributed by atoms with Crippen LogP contribution in [0.15, 0.2) is 47.6 Å². The van der Waals surface area contributed by atoms with E-state index in [0.717, 1.165) is 33.3 Å². The van der Waals surface area contributed by atoms with Crippen LogP contribution in [-0.2, 0) is 4.79 Å². The number of aryl methyl sites for hydroxylation is 3. The number of nitrogens with one attached hydrogen (secondary N) is 1. The van der Waals surface area contributed by atoms with Crippen molar-refractivity contribution in [3.63, 3.8) is 0 Å². The zero-order valence-corrected chi connectivity index (χ0v) is 16.4. The number of carbonyl (C=O) groups excluding carboxylic acids is 1. The summed E-state index contributed by atoms with van der Waals surface area (Å²) < 4.78 is 5.08. The molecule has 0 spiro atoms. The number of nitrogens with zero attached hydrogens (tertiary/aromatic N) is 2. The van der Waals surface area contributed by atoms with Crippen LogP contribution in [0.25, 0.3) is 10.9 Å². The smallest absolute Gasteiger partial charge is 0.147 e. The predicted octanol–water partition coefficient (Wildman–Crippen LogP) is 3.12. The molecule has 6 nitrogen and oxygen atoms in total. The lowest BCUT2D eigenvalue weighted by Crippen LogP contribution is -2.28. The van der Waals surface area contributed by atoms with Crippen LogP contribution in [-0.4, -0.2) is 23.3 Å². The molecule has 0 bridgehead atoms. The third-order valence-electron chi connectivity index (χ3n) is 4.68. The fourth-order valence-corrected chi connectivity index (χ4v) is 2.90. The molecule has 1 aromatic heterocycles. The molecule has 0 aliphatic heterocycles. The van der Waals surface area contributed by atoms with E-state index in [4.69, 9.17) is 9.72 Å². The van der Waals surface area contributed by atoms with Crippen LogP contribution >= 0.6 is 0 Å². The van der Waals surface area contributed by atoms with E-state index < -0.39 is 12.6 Å². The summed E-state index contributed by atoms with van der Waals surface area (Å²) >= 11 is 0. The molecule has 0 amide bonds. The summed E-state index contributed by atoms with van der Waals surface area (Å²) in [6.45, 7) is 7.63. The van der Waals surface area contributed by atoms with E-state index in [-0.39, 0.29) is 0 Å². The minimum atomic E-state index is -1.25. The summed E-state index contributed by atoms with van der Waals surface area (Å²) in [5.41, 5.74) is 9.18. The molecule has 144 valence electrons. The van der Waals surface area contributed by atoms with Gasteiger partial charge in [0.1, 0.15) is 18.2 Å². The molecule has 0 saturated carbocycles. The Hall–Kier alpha value is -3.41. The molecule has 28 heavy (non-hydrogen) atoms. The fraction of sp³-hybridized carbons (Fsp3) is 0.227. The van der Waals surface area contributed by atoms with Crippen LogP contribution in [0.3, 0.4) is 0 Å². The van der Waals surface area contributed by atoms with Gasteiger partial charge in [0, 0.05) is 5.39 Å². The van der Waals surface area contributed by atoms with Crippen LogP contribution in [0.2, 0.25) is 0 Å². The van der Waals surface area contributed by atoms with E-state index in [2.05, 4.69) is 43.4 Å². The van der Waals surface area contributed by atoms with E-state index in [0.29, 0.717) is 11.6 Å². The topological polar surface area (TPSA) is 86.6 Å². The molecule has 2 aromatic carbocycles. The second kappa shape index (κ2) is 8.08. The number of hydrogen-bond donors (Lipinski definition) is 1. The number of hydrogen-bond acceptors (Lipinski definition) is 6. The summed E-state index contributed by atoms with van der Waals surface area (Å²) in [6.07, 6.45) is 0. The first-order chi connectivity index (χ1) is 13.3. The highest BCUT2D eigenvalue weighted by atomic mass is 16.5. The van der Waals surface area contributed by atoms with Crippen molar-refractivity contribution >= 4 is 28.4 Å². The number of benzene rings is 2. The van der Waals surface area contributed by atoms with Gasteiger partial charge in [-0.1, -0.05) is 12.1 Å². The molecule has 0 saturated heterocycles. The Kier molecular flexibility index (Phi) is 5.59. The zero-order chi connectivity index (χ0) is 20.3.